The Morgan fingerprint density at radius 1 is 1.04 bits per heavy atom. The average Bonchev–Trinajstić information content (AvgIpc) is 2.72. The monoisotopic (exact) mass is 391 g/mol. The molecular formula is C21H37N5O2. The van der Waals surface area contributed by atoms with Crippen LogP contribution in [0.15, 0.2) is 23.2 Å². The number of ether oxygens (including phenoxy) is 2. The van der Waals surface area contributed by atoms with Crippen LogP contribution in [0.4, 0.5) is 0 Å². The molecule has 0 atom stereocenters. The minimum absolute atomic E-state index is 0.594. The molecule has 1 heterocycles. The van der Waals surface area contributed by atoms with Gasteiger partial charge < -0.3 is 29.9 Å². The zero-order valence-electron chi connectivity index (χ0n) is 18.0. The molecule has 0 aromatic heterocycles. The Morgan fingerprint density at radius 3 is 2.46 bits per heavy atom. The van der Waals surface area contributed by atoms with Gasteiger partial charge in [-0.15, -0.1) is 0 Å². The van der Waals surface area contributed by atoms with E-state index in [1.165, 1.54) is 39.1 Å². The number of hydrogen-bond donors (Lipinski definition) is 2. The molecule has 1 aliphatic heterocycles. The Balaban J connectivity index is 1.74. The van der Waals surface area contributed by atoms with Crippen molar-refractivity contribution in [2.75, 3.05) is 67.1 Å². The number of likely N-dealkylation sites (N-methyl/N-ethyl adjacent to an activating group) is 1. The molecule has 0 radical (unpaired) electrons. The fourth-order valence-corrected chi connectivity index (χ4v) is 3.23. The van der Waals surface area contributed by atoms with Crippen molar-refractivity contribution >= 4 is 5.96 Å². The summed E-state index contributed by atoms with van der Waals surface area (Å²) < 4.78 is 10.7. The van der Waals surface area contributed by atoms with Crippen LogP contribution in [0.5, 0.6) is 11.5 Å². The maximum Gasteiger partial charge on any atom is 0.191 e. The number of nitrogens with zero attached hydrogens (tertiary/aromatic N) is 3. The number of piperazine rings is 1. The minimum atomic E-state index is 0.594. The van der Waals surface area contributed by atoms with Gasteiger partial charge in [0.05, 0.1) is 20.8 Å². The Hall–Kier alpha value is -1.99. The van der Waals surface area contributed by atoms with Gasteiger partial charge in [-0.05, 0) is 51.1 Å². The average molecular weight is 392 g/mol. The Bertz CT molecular complexity index is 600. The first kappa shape index (κ1) is 22.3. The van der Waals surface area contributed by atoms with E-state index in [2.05, 4.69) is 34.4 Å². The van der Waals surface area contributed by atoms with Crippen LogP contribution in [0.25, 0.3) is 0 Å². The van der Waals surface area contributed by atoms with E-state index in [0.717, 1.165) is 42.5 Å². The number of unbranched alkanes of at least 4 members (excludes halogenated alkanes) is 1. The molecule has 0 unspecified atom stereocenters. The first-order valence-corrected chi connectivity index (χ1v) is 10.3. The van der Waals surface area contributed by atoms with Crippen molar-refractivity contribution in [2.45, 2.75) is 26.3 Å². The third kappa shape index (κ3) is 7.56. The quantitative estimate of drug-likeness (QED) is 0.360. The molecule has 0 saturated carbocycles. The molecule has 1 aliphatic rings. The van der Waals surface area contributed by atoms with Crippen LogP contribution < -0.4 is 20.1 Å². The second kappa shape index (κ2) is 12.5. The molecule has 1 aromatic carbocycles. The molecule has 0 bridgehead atoms. The number of rotatable bonds is 10. The van der Waals surface area contributed by atoms with Gasteiger partial charge in [0.2, 0.25) is 0 Å². The van der Waals surface area contributed by atoms with Gasteiger partial charge in [-0.3, -0.25) is 0 Å². The molecule has 0 amide bonds. The van der Waals surface area contributed by atoms with Crippen LogP contribution in [-0.4, -0.2) is 82.8 Å². The van der Waals surface area contributed by atoms with Crippen LogP contribution in [0.1, 0.15) is 25.3 Å². The fourth-order valence-electron chi connectivity index (χ4n) is 3.23. The van der Waals surface area contributed by atoms with Crippen molar-refractivity contribution in [2.24, 2.45) is 4.99 Å². The van der Waals surface area contributed by atoms with E-state index >= 15 is 0 Å². The Labute approximate surface area is 170 Å². The molecule has 28 heavy (non-hydrogen) atoms. The highest BCUT2D eigenvalue weighted by Gasteiger charge is 2.12. The minimum Gasteiger partial charge on any atom is -0.493 e. The number of hydrogen-bond acceptors (Lipinski definition) is 5. The second-order valence-electron chi connectivity index (χ2n) is 7.16. The van der Waals surface area contributed by atoms with Gasteiger partial charge in [-0.1, -0.05) is 6.07 Å². The summed E-state index contributed by atoms with van der Waals surface area (Å²) in [4.78, 5) is 9.66. The smallest absolute Gasteiger partial charge is 0.191 e. The van der Waals surface area contributed by atoms with Crippen molar-refractivity contribution in [1.29, 1.82) is 0 Å². The number of aliphatic imine (C=N–C) groups is 1. The Kier molecular flexibility index (Phi) is 9.93. The Morgan fingerprint density at radius 2 is 1.79 bits per heavy atom. The summed E-state index contributed by atoms with van der Waals surface area (Å²) in [6.07, 6.45) is 2.36. The highest BCUT2D eigenvalue weighted by Crippen LogP contribution is 2.27. The van der Waals surface area contributed by atoms with Crippen LogP contribution in [0.3, 0.4) is 0 Å². The lowest BCUT2D eigenvalue weighted by molar-refractivity contribution is 0.152. The third-order valence-corrected chi connectivity index (χ3v) is 5.00. The number of nitrogens with one attached hydrogen (secondary N) is 2. The summed E-state index contributed by atoms with van der Waals surface area (Å²) in [5, 5.41) is 6.76. The lowest BCUT2D eigenvalue weighted by Gasteiger charge is -2.32. The molecule has 7 nitrogen and oxygen atoms in total. The van der Waals surface area contributed by atoms with Gasteiger partial charge in [-0.25, -0.2) is 4.99 Å². The van der Waals surface area contributed by atoms with Crippen LogP contribution in [0, 0.1) is 0 Å². The molecule has 0 spiro atoms. The number of methoxy groups -OCH3 is 2. The summed E-state index contributed by atoms with van der Waals surface area (Å²) in [5.41, 5.74) is 1.09. The zero-order chi connectivity index (χ0) is 20.2. The van der Waals surface area contributed by atoms with Crippen molar-refractivity contribution in [3.8, 4) is 11.5 Å². The molecule has 2 rings (SSSR count). The highest BCUT2D eigenvalue weighted by atomic mass is 16.5. The second-order valence-corrected chi connectivity index (χ2v) is 7.16. The van der Waals surface area contributed by atoms with E-state index in [4.69, 9.17) is 14.5 Å². The topological polar surface area (TPSA) is 61.4 Å². The largest absolute Gasteiger partial charge is 0.493 e. The van der Waals surface area contributed by atoms with Crippen molar-refractivity contribution in [3.63, 3.8) is 0 Å². The summed E-state index contributed by atoms with van der Waals surface area (Å²) in [6.45, 7) is 10.4. The highest BCUT2D eigenvalue weighted by molar-refractivity contribution is 5.79. The van der Waals surface area contributed by atoms with Crippen molar-refractivity contribution in [1.82, 2.24) is 20.4 Å². The van der Waals surface area contributed by atoms with Crippen LogP contribution in [0.2, 0.25) is 0 Å². The van der Waals surface area contributed by atoms with Gasteiger partial charge >= 0.3 is 0 Å². The van der Waals surface area contributed by atoms with E-state index in [1.54, 1.807) is 14.2 Å². The fraction of sp³-hybridized carbons (Fsp3) is 0.667. The predicted octanol–water partition coefficient (Wildman–Crippen LogP) is 1.79. The van der Waals surface area contributed by atoms with Gasteiger partial charge in [0, 0.05) is 39.3 Å². The molecule has 2 N–H and O–H groups in total. The van der Waals surface area contributed by atoms with Crippen LogP contribution >= 0.6 is 0 Å². The maximum atomic E-state index is 5.37. The van der Waals surface area contributed by atoms with E-state index in [1.807, 2.05) is 18.2 Å². The van der Waals surface area contributed by atoms with Crippen molar-refractivity contribution < 1.29 is 9.47 Å². The molecular weight excluding hydrogens is 354 g/mol. The number of benzene rings is 1. The third-order valence-electron chi connectivity index (χ3n) is 5.00. The maximum absolute atomic E-state index is 5.37. The first-order valence-electron chi connectivity index (χ1n) is 10.3. The van der Waals surface area contributed by atoms with Gasteiger partial charge in [-0.2, -0.15) is 0 Å². The summed E-state index contributed by atoms with van der Waals surface area (Å²) in [6, 6.07) is 5.91. The van der Waals surface area contributed by atoms with E-state index in [0.29, 0.717) is 6.54 Å². The predicted molar refractivity (Wildman–Crippen MR) is 116 cm³/mol. The van der Waals surface area contributed by atoms with E-state index < -0.39 is 0 Å². The summed E-state index contributed by atoms with van der Waals surface area (Å²) in [5.74, 6) is 2.33. The molecule has 0 aliphatic carbocycles. The molecule has 158 valence electrons. The summed E-state index contributed by atoms with van der Waals surface area (Å²) in [7, 11) is 5.50. The molecule has 1 fully saturated rings. The van der Waals surface area contributed by atoms with Gasteiger partial charge in [0.25, 0.3) is 0 Å². The first-order chi connectivity index (χ1) is 13.7. The van der Waals surface area contributed by atoms with Crippen LogP contribution in [-0.2, 0) is 6.54 Å². The van der Waals surface area contributed by atoms with Gasteiger partial charge in [0.1, 0.15) is 0 Å². The van der Waals surface area contributed by atoms with E-state index in [9.17, 15) is 0 Å². The SMILES string of the molecule is CCNC(=NCc1ccc(OC)c(OC)c1)NCCCCN1CCN(C)CC1. The zero-order valence-corrected chi connectivity index (χ0v) is 18.0. The lowest BCUT2D eigenvalue weighted by atomic mass is 10.2. The molecule has 1 saturated heterocycles. The molecule has 1 aromatic rings. The standard InChI is InChI=1S/C21H37N5O2/c1-5-22-21(23-10-6-7-11-26-14-12-25(2)13-15-26)24-17-18-8-9-19(27-3)20(16-18)28-4/h8-9,16H,5-7,10-15,17H2,1-4H3,(H2,22,23,24). The normalized spacial score (nSPS) is 16.1. The van der Waals surface area contributed by atoms with Gasteiger partial charge in [0.15, 0.2) is 17.5 Å². The number of guanidine groups is 1. The van der Waals surface area contributed by atoms with Crippen molar-refractivity contribution in [3.05, 3.63) is 23.8 Å². The lowest BCUT2D eigenvalue weighted by Crippen LogP contribution is -2.44. The molecule has 7 heteroatoms. The summed E-state index contributed by atoms with van der Waals surface area (Å²) >= 11 is 0. The van der Waals surface area contributed by atoms with E-state index in [-0.39, 0.29) is 0 Å².